The van der Waals surface area contributed by atoms with Crippen LogP contribution in [0, 0.1) is 0 Å². The summed E-state index contributed by atoms with van der Waals surface area (Å²) in [6.45, 7) is 1.05. The smallest absolute Gasteiger partial charge is 0.332 e. The van der Waals surface area contributed by atoms with Crippen molar-refractivity contribution in [1.29, 1.82) is 0 Å². The van der Waals surface area contributed by atoms with Gasteiger partial charge in [-0.2, -0.15) is 0 Å². The first kappa shape index (κ1) is 15.2. The van der Waals surface area contributed by atoms with Crippen molar-refractivity contribution in [2.45, 2.75) is 12.5 Å². The second-order valence-electron chi connectivity index (χ2n) is 3.93. The summed E-state index contributed by atoms with van der Waals surface area (Å²) in [6.07, 6.45) is 0. The number of hydrogen-bond donors (Lipinski definition) is 3. The molecule has 6 nitrogen and oxygen atoms in total. The molecule has 1 aromatic carbocycles. The molecule has 0 spiro atoms. The molecule has 0 fully saturated rings. The van der Waals surface area contributed by atoms with E-state index in [4.69, 9.17) is 10.8 Å². The normalized spacial score (nSPS) is 13.6. The molecule has 0 radical (unpaired) electrons. The molecule has 0 saturated heterocycles. The number of carbonyl (C=O) groups excluding carboxylic acids is 2. The van der Waals surface area contributed by atoms with Gasteiger partial charge in [-0.25, -0.2) is 4.79 Å². The lowest BCUT2D eigenvalue weighted by molar-refractivity contribution is -0.146. The van der Waals surface area contributed by atoms with Gasteiger partial charge in [0, 0.05) is 5.75 Å². The molecule has 7 heteroatoms. The van der Waals surface area contributed by atoms with Crippen molar-refractivity contribution in [2.75, 3.05) is 5.75 Å². The Morgan fingerprint density at radius 3 is 2.37 bits per heavy atom. The summed E-state index contributed by atoms with van der Waals surface area (Å²) in [6, 6.07) is 5.85. The molecule has 0 aromatic heterocycles. The topological polar surface area (TPSA) is 118 Å². The van der Waals surface area contributed by atoms with E-state index in [0.717, 1.165) is 6.92 Å². The molecule has 102 valence electrons. The molecule has 0 heterocycles. The maximum Gasteiger partial charge on any atom is 0.332 e. The Balaban J connectivity index is 2.82. The van der Waals surface area contributed by atoms with Crippen LogP contribution in [-0.2, 0) is 9.59 Å². The molecule has 19 heavy (non-hydrogen) atoms. The summed E-state index contributed by atoms with van der Waals surface area (Å²) in [5.74, 6) is -2.83. The van der Waals surface area contributed by atoms with Gasteiger partial charge < -0.3 is 15.9 Å². The summed E-state index contributed by atoms with van der Waals surface area (Å²) < 4.78 is 0. The predicted octanol–water partition coefficient (Wildman–Crippen LogP) is 0.637. The maximum absolute atomic E-state index is 11.8. The van der Waals surface area contributed by atoms with E-state index in [1.807, 2.05) is 0 Å². The van der Waals surface area contributed by atoms with Gasteiger partial charge in [0.1, 0.15) is 5.75 Å². The number of Topliss-reactive ketones (excluding diaryl/α,β-unsaturated/α-hetero) is 1. The number of phenols is 1. The monoisotopic (exact) mass is 283 g/mol. The van der Waals surface area contributed by atoms with Crippen LogP contribution in [0.4, 0.5) is 0 Å². The van der Waals surface area contributed by atoms with Gasteiger partial charge in [0.15, 0.2) is 11.3 Å². The second-order valence-corrected chi connectivity index (χ2v) is 4.87. The molecule has 0 aliphatic heterocycles. The van der Waals surface area contributed by atoms with Gasteiger partial charge >= 0.3 is 5.97 Å². The van der Waals surface area contributed by atoms with Crippen LogP contribution in [0.3, 0.4) is 0 Å². The Labute approximate surface area is 113 Å². The zero-order valence-corrected chi connectivity index (χ0v) is 10.9. The number of phenolic OH excluding ortho intramolecular Hbond substituents is 1. The second kappa shape index (κ2) is 5.85. The van der Waals surface area contributed by atoms with Crippen molar-refractivity contribution in [3.05, 3.63) is 29.8 Å². The lowest BCUT2D eigenvalue weighted by Gasteiger charge is -2.20. The Hall–Kier alpha value is -1.86. The summed E-state index contributed by atoms with van der Waals surface area (Å²) in [5.41, 5.74) is 3.40. The molecule has 1 unspecified atom stereocenters. The van der Waals surface area contributed by atoms with Crippen molar-refractivity contribution in [2.24, 2.45) is 5.73 Å². The lowest BCUT2D eigenvalue weighted by Crippen LogP contribution is -2.56. The van der Waals surface area contributed by atoms with Gasteiger partial charge in [0.2, 0.25) is 5.12 Å². The highest BCUT2D eigenvalue weighted by Gasteiger charge is 2.40. The molecular weight excluding hydrogens is 270 g/mol. The molecule has 1 atom stereocenters. The summed E-state index contributed by atoms with van der Waals surface area (Å²) >= 11 is 0.582. The third kappa shape index (κ3) is 3.33. The van der Waals surface area contributed by atoms with E-state index in [-0.39, 0.29) is 11.3 Å². The van der Waals surface area contributed by atoms with E-state index in [1.54, 1.807) is 12.1 Å². The van der Waals surface area contributed by atoms with Crippen LogP contribution in [-0.4, -0.2) is 38.4 Å². The zero-order valence-electron chi connectivity index (χ0n) is 10.1. The molecule has 0 amide bonds. The predicted molar refractivity (Wildman–Crippen MR) is 70.1 cm³/mol. The van der Waals surface area contributed by atoms with E-state index in [0.29, 0.717) is 11.8 Å². The molecule has 0 aliphatic carbocycles. The number of carboxylic acid groups (broad SMARTS) is 1. The van der Waals surface area contributed by atoms with Crippen molar-refractivity contribution in [3.8, 4) is 5.75 Å². The zero-order chi connectivity index (χ0) is 14.6. The van der Waals surface area contributed by atoms with E-state index < -0.39 is 28.2 Å². The fraction of sp³-hybridized carbons (Fsp3) is 0.250. The lowest BCUT2D eigenvalue weighted by atomic mass is 9.99. The number of ketones is 1. The molecule has 1 rings (SSSR count). The Morgan fingerprint density at radius 2 is 1.89 bits per heavy atom. The highest BCUT2D eigenvalue weighted by atomic mass is 32.2. The summed E-state index contributed by atoms with van der Waals surface area (Å²) in [7, 11) is 0. The standard InChI is InChI=1S/C12H13NO5S/c1-7(14)12(13,11(17)18)6-19-10(16)8-4-2-3-5-9(8)15/h2-5,15H,6,13H2,1H3,(H,17,18). The Bertz CT molecular complexity index is 515. The number of rotatable bonds is 5. The van der Waals surface area contributed by atoms with Crippen molar-refractivity contribution < 1.29 is 24.6 Å². The van der Waals surface area contributed by atoms with Gasteiger partial charge in [-0.1, -0.05) is 23.9 Å². The van der Waals surface area contributed by atoms with Gasteiger partial charge in [-0.05, 0) is 19.1 Å². The van der Waals surface area contributed by atoms with Gasteiger partial charge in [0.25, 0.3) is 0 Å². The van der Waals surface area contributed by atoms with Gasteiger partial charge in [0.05, 0.1) is 5.56 Å². The van der Waals surface area contributed by atoms with Crippen molar-refractivity contribution in [1.82, 2.24) is 0 Å². The first-order valence-corrected chi connectivity index (χ1v) is 6.26. The number of aliphatic carboxylic acids is 1. The minimum atomic E-state index is -2.11. The van der Waals surface area contributed by atoms with Crippen LogP contribution in [0.1, 0.15) is 17.3 Å². The fourth-order valence-corrected chi connectivity index (χ4v) is 2.23. The number of nitrogens with two attached hydrogens (primary N) is 1. The number of hydrogen-bond acceptors (Lipinski definition) is 6. The quantitative estimate of drug-likeness (QED) is 0.678. The highest BCUT2D eigenvalue weighted by Crippen LogP contribution is 2.24. The van der Waals surface area contributed by atoms with Crippen LogP contribution in [0.2, 0.25) is 0 Å². The van der Waals surface area contributed by atoms with E-state index in [1.165, 1.54) is 12.1 Å². The molecule has 1 aromatic rings. The average molecular weight is 283 g/mol. The molecule has 4 N–H and O–H groups in total. The molecule has 0 bridgehead atoms. The number of carbonyl (C=O) groups is 3. The van der Waals surface area contributed by atoms with Crippen LogP contribution in [0.5, 0.6) is 5.75 Å². The third-order valence-electron chi connectivity index (χ3n) is 2.56. The minimum absolute atomic E-state index is 0.0452. The summed E-state index contributed by atoms with van der Waals surface area (Å²) in [5, 5.41) is 17.9. The third-order valence-corrected chi connectivity index (χ3v) is 3.65. The molecular formula is C12H13NO5S. The average Bonchev–Trinajstić information content (AvgIpc) is 2.35. The molecule has 0 aliphatic rings. The number of carboxylic acids is 1. The van der Waals surface area contributed by atoms with Crippen LogP contribution in [0.25, 0.3) is 0 Å². The van der Waals surface area contributed by atoms with Crippen molar-refractivity contribution in [3.63, 3.8) is 0 Å². The van der Waals surface area contributed by atoms with Crippen LogP contribution >= 0.6 is 11.8 Å². The van der Waals surface area contributed by atoms with Crippen LogP contribution in [0.15, 0.2) is 24.3 Å². The minimum Gasteiger partial charge on any atom is -0.507 e. The van der Waals surface area contributed by atoms with E-state index in [2.05, 4.69) is 0 Å². The number of aromatic hydroxyl groups is 1. The number of thioether (sulfide) groups is 1. The maximum atomic E-state index is 11.8. The van der Waals surface area contributed by atoms with E-state index in [9.17, 15) is 19.5 Å². The largest absolute Gasteiger partial charge is 0.507 e. The first-order valence-electron chi connectivity index (χ1n) is 5.27. The Morgan fingerprint density at radius 1 is 1.32 bits per heavy atom. The van der Waals surface area contributed by atoms with Crippen LogP contribution < -0.4 is 5.73 Å². The first-order chi connectivity index (χ1) is 8.79. The molecule has 0 saturated carbocycles. The highest BCUT2D eigenvalue weighted by molar-refractivity contribution is 8.14. The fourth-order valence-electron chi connectivity index (χ4n) is 1.22. The SMILES string of the molecule is CC(=O)C(N)(CSC(=O)c1ccccc1O)C(=O)O. The summed E-state index contributed by atoms with van der Waals surface area (Å²) in [4.78, 5) is 34.0. The van der Waals surface area contributed by atoms with Gasteiger partial charge in [-0.15, -0.1) is 0 Å². The van der Waals surface area contributed by atoms with Gasteiger partial charge in [-0.3, -0.25) is 9.59 Å². The number of para-hydroxylation sites is 1. The Kier molecular flexibility index (Phi) is 4.68. The van der Waals surface area contributed by atoms with E-state index >= 15 is 0 Å². The van der Waals surface area contributed by atoms with Crippen molar-refractivity contribution >= 4 is 28.6 Å². The number of benzene rings is 1.